The lowest BCUT2D eigenvalue weighted by atomic mass is 10.3. The molecule has 0 N–H and O–H groups in total. The molecule has 1 heterocycles. The number of hydrogen-bond acceptors (Lipinski definition) is 2. The molecule has 0 spiro atoms. The molecule has 3 heteroatoms. The van der Waals surface area contributed by atoms with Crippen LogP contribution in [0.1, 0.15) is 11.4 Å². The van der Waals surface area contributed by atoms with Crippen molar-refractivity contribution in [3.63, 3.8) is 0 Å². The van der Waals surface area contributed by atoms with Crippen molar-refractivity contribution < 1.29 is 4.74 Å². The summed E-state index contributed by atoms with van der Waals surface area (Å²) in [6, 6.07) is 11.9. The largest absolute Gasteiger partial charge is 0.492 e. The molecule has 0 unspecified atom stereocenters. The van der Waals surface area contributed by atoms with Crippen LogP contribution < -0.4 is 4.74 Å². The van der Waals surface area contributed by atoms with Crippen molar-refractivity contribution in [2.24, 2.45) is 0 Å². The lowest BCUT2D eigenvalue weighted by Gasteiger charge is -2.07. The van der Waals surface area contributed by atoms with Gasteiger partial charge in [-0.05, 0) is 32.0 Å². The number of nitrogens with zero attached hydrogens (tertiary/aromatic N) is 2. The van der Waals surface area contributed by atoms with Crippen LogP contribution in [0, 0.1) is 13.8 Å². The minimum absolute atomic E-state index is 0.645. The van der Waals surface area contributed by atoms with E-state index in [1.165, 1.54) is 5.69 Å². The van der Waals surface area contributed by atoms with Gasteiger partial charge in [0.1, 0.15) is 12.4 Å². The molecule has 1 aromatic carbocycles. The Hall–Kier alpha value is -1.77. The maximum Gasteiger partial charge on any atom is 0.119 e. The van der Waals surface area contributed by atoms with Gasteiger partial charge in [-0.25, -0.2) is 0 Å². The van der Waals surface area contributed by atoms with Crippen molar-refractivity contribution in [1.29, 1.82) is 0 Å². The number of aromatic nitrogens is 2. The van der Waals surface area contributed by atoms with E-state index in [1.807, 2.05) is 41.9 Å². The summed E-state index contributed by atoms with van der Waals surface area (Å²) in [5, 5.41) is 4.38. The van der Waals surface area contributed by atoms with Gasteiger partial charge in [-0.1, -0.05) is 18.2 Å². The maximum atomic E-state index is 5.61. The van der Waals surface area contributed by atoms with Crippen LogP contribution in [-0.4, -0.2) is 16.4 Å². The lowest BCUT2D eigenvalue weighted by Crippen LogP contribution is -2.10. The molecule has 0 atom stereocenters. The highest BCUT2D eigenvalue weighted by Gasteiger charge is 2.00. The monoisotopic (exact) mass is 216 g/mol. The summed E-state index contributed by atoms with van der Waals surface area (Å²) in [5.74, 6) is 0.907. The SMILES string of the molecule is Cc1cc(C)n(CCOc2ccccc2)n1. The zero-order valence-corrected chi connectivity index (χ0v) is 9.68. The summed E-state index contributed by atoms with van der Waals surface area (Å²) >= 11 is 0. The fourth-order valence-electron chi connectivity index (χ4n) is 1.67. The summed E-state index contributed by atoms with van der Waals surface area (Å²) < 4.78 is 7.58. The van der Waals surface area contributed by atoms with Crippen molar-refractivity contribution in [3.05, 3.63) is 47.8 Å². The highest BCUT2D eigenvalue weighted by atomic mass is 16.5. The summed E-state index contributed by atoms with van der Waals surface area (Å²) in [4.78, 5) is 0. The van der Waals surface area contributed by atoms with Gasteiger partial charge in [0.15, 0.2) is 0 Å². The number of aryl methyl sites for hydroxylation is 2. The van der Waals surface area contributed by atoms with Crippen molar-refractivity contribution >= 4 is 0 Å². The highest BCUT2D eigenvalue weighted by Crippen LogP contribution is 2.08. The average molecular weight is 216 g/mol. The van der Waals surface area contributed by atoms with E-state index in [0.717, 1.165) is 18.0 Å². The minimum atomic E-state index is 0.645. The van der Waals surface area contributed by atoms with Gasteiger partial charge >= 0.3 is 0 Å². The Labute approximate surface area is 95.7 Å². The molecule has 0 bridgehead atoms. The molecule has 84 valence electrons. The van der Waals surface area contributed by atoms with Gasteiger partial charge in [-0.3, -0.25) is 4.68 Å². The molecular formula is C13H16N2O. The molecule has 0 aliphatic carbocycles. The molecule has 0 aliphatic rings. The Balaban J connectivity index is 1.87. The van der Waals surface area contributed by atoms with E-state index in [0.29, 0.717) is 6.61 Å². The molecule has 0 fully saturated rings. The molecule has 0 radical (unpaired) electrons. The summed E-state index contributed by atoms with van der Waals surface area (Å²) in [7, 11) is 0. The molecule has 1 aromatic heterocycles. The first kappa shape index (κ1) is 10.7. The van der Waals surface area contributed by atoms with E-state index in [9.17, 15) is 0 Å². The topological polar surface area (TPSA) is 27.1 Å². The third-order valence-electron chi connectivity index (χ3n) is 2.42. The zero-order valence-electron chi connectivity index (χ0n) is 9.68. The zero-order chi connectivity index (χ0) is 11.4. The number of ether oxygens (including phenoxy) is 1. The predicted octanol–water partition coefficient (Wildman–Crippen LogP) is 2.58. The lowest BCUT2D eigenvalue weighted by molar-refractivity contribution is 0.289. The third-order valence-corrected chi connectivity index (χ3v) is 2.42. The fraction of sp³-hybridized carbons (Fsp3) is 0.308. The van der Waals surface area contributed by atoms with Crippen LogP contribution in [0.3, 0.4) is 0 Å². The van der Waals surface area contributed by atoms with E-state index in [4.69, 9.17) is 4.74 Å². The van der Waals surface area contributed by atoms with Crippen molar-refractivity contribution in [2.75, 3.05) is 6.61 Å². The number of para-hydroxylation sites is 1. The van der Waals surface area contributed by atoms with Crippen molar-refractivity contribution in [3.8, 4) is 5.75 Å². The van der Waals surface area contributed by atoms with Crippen LogP contribution in [0.2, 0.25) is 0 Å². The first-order valence-electron chi connectivity index (χ1n) is 5.44. The number of hydrogen-bond donors (Lipinski definition) is 0. The number of rotatable bonds is 4. The molecule has 2 rings (SSSR count). The Bertz CT molecular complexity index is 448. The summed E-state index contributed by atoms with van der Waals surface area (Å²) in [6.07, 6.45) is 0. The predicted molar refractivity (Wildman–Crippen MR) is 63.6 cm³/mol. The first-order valence-corrected chi connectivity index (χ1v) is 5.44. The standard InChI is InChI=1S/C13H16N2O/c1-11-10-12(2)15(14-11)8-9-16-13-6-4-3-5-7-13/h3-7,10H,8-9H2,1-2H3. The second kappa shape index (κ2) is 4.84. The van der Waals surface area contributed by atoms with Gasteiger partial charge in [0.05, 0.1) is 12.2 Å². The summed E-state index contributed by atoms with van der Waals surface area (Å²) in [6.45, 7) is 5.49. The maximum absolute atomic E-state index is 5.61. The van der Waals surface area contributed by atoms with Gasteiger partial charge in [0.2, 0.25) is 0 Å². The van der Waals surface area contributed by atoms with Gasteiger partial charge in [0, 0.05) is 5.69 Å². The van der Waals surface area contributed by atoms with Gasteiger partial charge < -0.3 is 4.74 Å². The first-order chi connectivity index (χ1) is 7.75. The number of benzene rings is 1. The highest BCUT2D eigenvalue weighted by molar-refractivity contribution is 5.20. The normalized spacial score (nSPS) is 10.4. The smallest absolute Gasteiger partial charge is 0.119 e. The molecule has 0 saturated heterocycles. The van der Waals surface area contributed by atoms with E-state index < -0.39 is 0 Å². The van der Waals surface area contributed by atoms with Gasteiger partial charge in [-0.15, -0.1) is 0 Å². The molecule has 0 aliphatic heterocycles. The second-order valence-electron chi connectivity index (χ2n) is 3.81. The molecule has 2 aromatic rings. The summed E-state index contributed by atoms with van der Waals surface area (Å²) in [5.41, 5.74) is 2.23. The van der Waals surface area contributed by atoms with Gasteiger partial charge in [-0.2, -0.15) is 5.10 Å². The van der Waals surface area contributed by atoms with Crippen LogP contribution in [0.5, 0.6) is 5.75 Å². The van der Waals surface area contributed by atoms with Gasteiger partial charge in [0.25, 0.3) is 0 Å². The van der Waals surface area contributed by atoms with E-state index >= 15 is 0 Å². The van der Waals surface area contributed by atoms with Crippen LogP contribution in [0.15, 0.2) is 36.4 Å². The van der Waals surface area contributed by atoms with E-state index in [2.05, 4.69) is 18.1 Å². The van der Waals surface area contributed by atoms with Crippen molar-refractivity contribution in [1.82, 2.24) is 9.78 Å². The Kier molecular flexibility index (Phi) is 3.25. The molecule has 3 nitrogen and oxygen atoms in total. The second-order valence-corrected chi connectivity index (χ2v) is 3.81. The molecule has 0 amide bonds. The fourth-order valence-corrected chi connectivity index (χ4v) is 1.67. The van der Waals surface area contributed by atoms with Crippen LogP contribution in [0.25, 0.3) is 0 Å². The van der Waals surface area contributed by atoms with E-state index in [-0.39, 0.29) is 0 Å². The Morgan fingerprint density at radius 2 is 1.94 bits per heavy atom. The molecular weight excluding hydrogens is 200 g/mol. The Morgan fingerprint density at radius 1 is 1.19 bits per heavy atom. The quantitative estimate of drug-likeness (QED) is 0.785. The molecule has 16 heavy (non-hydrogen) atoms. The molecule has 0 saturated carbocycles. The Morgan fingerprint density at radius 3 is 2.56 bits per heavy atom. The van der Waals surface area contributed by atoms with Crippen LogP contribution in [-0.2, 0) is 6.54 Å². The van der Waals surface area contributed by atoms with Crippen LogP contribution in [0.4, 0.5) is 0 Å². The average Bonchev–Trinajstić information content (AvgIpc) is 2.59. The van der Waals surface area contributed by atoms with E-state index in [1.54, 1.807) is 0 Å². The minimum Gasteiger partial charge on any atom is -0.492 e. The van der Waals surface area contributed by atoms with Crippen molar-refractivity contribution in [2.45, 2.75) is 20.4 Å². The van der Waals surface area contributed by atoms with Crippen LogP contribution >= 0.6 is 0 Å². The third kappa shape index (κ3) is 2.63.